The van der Waals surface area contributed by atoms with Crippen molar-refractivity contribution in [1.29, 1.82) is 0 Å². The van der Waals surface area contributed by atoms with E-state index in [1.807, 2.05) is 30.3 Å². The minimum atomic E-state index is -1.12. The Kier molecular flexibility index (Phi) is 5.81. The van der Waals surface area contributed by atoms with Crippen molar-refractivity contribution >= 4 is 23.6 Å². The number of thioether (sulfide) groups is 1. The number of terminal acetylenes is 1. The van der Waals surface area contributed by atoms with E-state index in [-0.39, 0.29) is 18.1 Å². The Labute approximate surface area is 110 Å². The van der Waals surface area contributed by atoms with Gasteiger partial charge in [0.15, 0.2) is 0 Å². The summed E-state index contributed by atoms with van der Waals surface area (Å²) in [5, 5.41) is 11.2. The van der Waals surface area contributed by atoms with Crippen LogP contribution in [0.4, 0.5) is 0 Å². The molecule has 94 valence electrons. The van der Waals surface area contributed by atoms with Crippen molar-refractivity contribution in [3.05, 3.63) is 30.3 Å². The highest BCUT2D eigenvalue weighted by atomic mass is 32.2. The molecule has 0 spiro atoms. The van der Waals surface area contributed by atoms with Gasteiger partial charge in [-0.3, -0.25) is 4.79 Å². The predicted molar refractivity (Wildman–Crippen MR) is 70.2 cm³/mol. The quantitative estimate of drug-likeness (QED) is 0.601. The fourth-order valence-corrected chi connectivity index (χ4v) is 1.95. The van der Waals surface area contributed by atoms with Crippen LogP contribution in [0.1, 0.15) is 6.42 Å². The SMILES string of the molecule is C#CCC(NC(=O)CSc1ccccc1)C(=O)O. The van der Waals surface area contributed by atoms with E-state index in [1.54, 1.807) is 0 Å². The van der Waals surface area contributed by atoms with E-state index < -0.39 is 12.0 Å². The van der Waals surface area contributed by atoms with Crippen LogP contribution < -0.4 is 5.32 Å². The lowest BCUT2D eigenvalue weighted by Gasteiger charge is -2.11. The number of carbonyl (C=O) groups excluding carboxylic acids is 1. The van der Waals surface area contributed by atoms with E-state index in [0.29, 0.717) is 0 Å². The number of amides is 1. The number of benzene rings is 1. The smallest absolute Gasteiger partial charge is 0.327 e. The van der Waals surface area contributed by atoms with Gasteiger partial charge in [-0.15, -0.1) is 24.1 Å². The number of carbonyl (C=O) groups is 2. The van der Waals surface area contributed by atoms with Crippen LogP contribution in [-0.4, -0.2) is 28.8 Å². The highest BCUT2D eigenvalue weighted by Gasteiger charge is 2.18. The van der Waals surface area contributed by atoms with Gasteiger partial charge < -0.3 is 10.4 Å². The van der Waals surface area contributed by atoms with Gasteiger partial charge in [0.2, 0.25) is 5.91 Å². The minimum Gasteiger partial charge on any atom is -0.480 e. The third-order valence-corrected chi connectivity index (χ3v) is 3.08. The van der Waals surface area contributed by atoms with E-state index in [0.717, 1.165) is 4.90 Å². The molecule has 0 radical (unpaired) electrons. The maximum atomic E-state index is 11.5. The van der Waals surface area contributed by atoms with Crippen LogP contribution >= 0.6 is 11.8 Å². The van der Waals surface area contributed by atoms with Crippen LogP contribution in [0.15, 0.2) is 35.2 Å². The van der Waals surface area contributed by atoms with Gasteiger partial charge in [-0.05, 0) is 12.1 Å². The number of nitrogens with one attached hydrogen (secondary N) is 1. The zero-order valence-electron chi connectivity index (χ0n) is 9.63. The minimum absolute atomic E-state index is 0.0168. The average Bonchev–Trinajstić information content (AvgIpc) is 2.37. The first-order valence-corrected chi connectivity index (χ1v) is 6.25. The molecule has 0 saturated heterocycles. The summed E-state index contributed by atoms with van der Waals surface area (Å²) in [6.07, 6.45) is 5.02. The third kappa shape index (κ3) is 4.93. The maximum Gasteiger partial charge on any atom is 0.327 e. The van der Waals surface area contributed by atoms with Crippen molar-refractivity contribution in [2.24, 2.45) is 0 Å². The van der Waals surface area contributed by atoms with Gasteiger partial charge in [0, 0.05) is 11.3 Å². The second-order valence-corrected chi connectivity index (χ2v) is 4.52. The van der Waals surface area contributed by atoms with E-state index >= 15 is 0 Å². The van der Waals surface area contributed by atoms with E-state index in [2.05, 4.69) is 11.2 Å². The van der Waals surface area contributed by atoms with Crippen LogP contribution in [0.25, 0.3) is 0 Å². The molecule has 0 aromatic heterocycles. The fourth-order valence-electron chi connectivity index (χ4n) is 1.22. The van der Waals surface area contributed by atoms with Crippen LogP contribution in [0.3, 0.4) is 0 Å². The normalized spacial score (nSPS) is 11.3. The molecule has 0 heterocycles. The van der Waals surface area contributed by atoms with Crippen molar-refractivity contribution in [2.45, 2.75) is 17.4 Å². The zero-order valence-corrected chi connectivity index (χ0v) is 10.4. The molecule has 0 saturated carbocycles. The zero-order chi connectivity index (χ0) is 13.4. The van der Waals surface area contributed by atoms with Gasteiger partial charge in [0.05, 0.1) is 5.75 Å². The topological polar surface area (TPSA) is 66.4 Å². The Balaban J connectivity index is 2.42. The molecule has 0 aliphatic carbocycles. The predicted octanol–water partition coefficient (Wildman–Crippen LogP) is 1.37. The monoisotopic (exact) mass is 263 g/mol. The molecule has 0 bridgehead atoms. The molecule has 0 fully saturated rings. The van der Waals surface area contributed by atoms with Crippen LogP contribution in [-0.2, 0) is 9.59 Å². The van der Waals surface area contributed by atoms with Gasteiger partial charge in [-0.25, -0.2) is 4.79 Å². The van der Waals surface area contributed by atoms with Crippen molar-refractivity contribution in [1.82, 2.24) is 5.32 Å². The summed E-state index contributed by atoms with van der Waals surface area (Å²) in [6.45, 7) is 0. The molecular weight excluding hydrogens is 250 g/mol. The molecule has 5 heteroatoms. The number of rotatable bonds is 6. The van der Waals surface area contributed by atoms with Gasteiger partial charge in [0.1, 0.15) is 6.04 Å². The second kappa shape index (κ2) is 7.41. The van der Waals surface area contributed by atoms with Gasteiger partial charge in [0.25, 0.3) is 0 Å². The Bertz CT molecular complexity index is 453. The van der Waals surface area contributed by atoms with E-state index in [4.69, 9.17) is 11.5 Å². The summed E-state index contributed by atoms with van der Waals surface area (Å²) < 4.78 is 0. The Morgan fingerprint density at radius 2 is 2.06 bits per heavy atom. The summed E-state index contributed by atoms with van der Waals surface area (Å²) >= 11 is 1.34. The highest BCUT2D eigenvalue weighted by molar-refractivity contribution is 8.00. The van der Waals surface area contributed by atoms with Crippen LogP contribution in [0, 0.1) is 12.3 Å². The lowest BCUT2D eigenvalue weighted by Crippen LogP contribution is -2.41. The van der Waals surface area contributed by atoms with E-state index in [9.17, 15) is 9.59 Å². The van der Waals surface area contributed by atoms with Gasteiger partial charge in [-0.1, -0.05) is 18.2 Å². The first-order chi connectivity index (χ1) is 8.63. The highest BCUT2D eigenvalue weighted by Crippen LogP contribution is 2.16. The second-order valence-electron chi connectivity index (χ2n) is 3.47. The molecule has 2 N–H and O–H groups in total. The fraction of sp³-hybridized carbons (Fsp3) is 0.231. The molecule has 1 unspecified atom stereocenters. The molecule has 1 aromatic rings. The molecule has 18 heavy (non-hydrogen) atoms. The standard InChI is InChI=1S/C13H13NO3S/c1-2-6-11(13(16)17)14-12(15)9-18-10-7-4-3-5-8-10/h1,3-5,7-8,11H,6,9H2,(H,14,15)(H,16,17). The Morgan fingerprint density at radius 3 is 2.61 bits per heavy atom. The number of carboxylic acids is 1. The number of carboxylic acid groups (broad SMARTS) is 1. The van der Waals surface area contributed by atoms with Crippen molar-refractivity contribution in [3.8, 4) is 12.3 Å². The maximum absolute atomic E-state index is 11.5. The summed E-state index contributed by atoms with van der Waals surface area (Å²) in [7, 11) is 0. The third-order valence-electron chi connectivity index (χ3n) is 2.07. The summed E-state index contributed by atoms with van der Waals surface area (Å²) in [5.41, 5.74) is 0. The molecular formula is C13H13NO3S. The summed E-state index contributed by atoms with van der Waals surface area (Å²) in [4.78, 5) is 23.3. The Morgan fingerprint density at radius 1 is 1.39 bits per heavy atom. The van der Waals surface area contributed by atoms with E-state index in [1.165, 1.54) is 11.8 Å². The van der Waals surface area contributed by atoms with Crippen LogP contribution in [0.2, 0.25) is 0 Å². The van der Waals surface area contributed by atoms with Crippen molar-refractivity contribution in [3.63, 3.8) is 0 Å². The number of aliphatic carboxylic acids is 1. The first-order valence-electron chi connectivity index (χ1n) is 5.27. The molecule has 1 amide bonds. The molecule has 4 nitrogen and oxygen atoms in total. The summed E-state index contributed by atoms with van der Waals surface area (Å²) in [6, 6.07) is 8.38. The van der Waals surface area contributed by atoms with Crippen molar-refractivity contribution in [2.75, 3.05) is 5.75 Å². The molecule has 1 aromatic carbocycles. The van der Waals surface area contributed by atoms with Gasteiger partial charge >= 0.3 is 5.97 Å². The number of hydrogen-bond acceptors (Lipinski definition) is 3. The first kappa shape index (κ1) is 14.1. The summed E-state index contributed by atoms with van der Waals surface area (Å²) in [5.74, 6) is 0.930. The molecule has 0 aliphatic rings. The number of hydrogen-bond donors (Lipinski definition) is 2. The molecule has 1 rings (SSSR count). The molecule has 1 atom stereocenters. The van der Waals surface area contributed by atoms with Gasteiger partial charge in [-0.2, -0.15) is 0 Å². The largest absolute Gasteiger partial charge is 0.480 e. The Hall–Kier alpha value is -1.93. The van der Waals surface area contributed by atoms with Crippen molar-refractivity contribution < 1.29 is 14.7 Å². The van der Waals surface area contributed by atoms with Crippen LogP contribution in [0.5, 0.6) is 0 Å². The average molecular weight is 263 g/mol. The molecule has 0 aliphatic heterocycles. The lowest BCUT2D eigenvalue weighted by atomic mass is 10.2. The lowest BCUT2D eigenvalue weighted by molar-refractivity contribution is -0.141.